The molecule has 1 fully saturated rings. The van der Waals surface area contributed by atoms with E-state index in [1.807, 2.05) is 7.05 Å². The molecule has 0 amide bonds. The summed E-state index contributed by atoms with van der Waals surface area (Å²) in [5, 5.41) is 6.82. The van der Waals surface area contributed by atoms with Gasteiger partial charge in [0.1, 0.15) is 17.5 Å². The summed E-state index contributed by atoms with van der Waals surface area (Å²) in [7, 11) is 1.91. The predicted molar refractivity (Wildman–Crippen MR) is 85.4 cm³/mol. The van der Waals surface area contributed by atoms with Gasteiger partial charge < -0.3 is 10.6 Å². The lowest BCUT2D eigenvalue weighted by atomic mass is 10.0. The van der Waals surface area contributed by atoms with Gasteiger partial charge in [0, 0.05) is 24.6 Å². The molecule has 0 bridgehead atoms. The number of aromatic nitrogens is 2. The summed E-state index contributed by atoms with van der Waals surface area (Å²) in [6.07, 6.45) is 0. The zero-order valence-corrected chi connectivity index (χ0v) is 14.0. The fourth-order valence-electron chi connectivity index (χ4n) is 2.87. The molecule has 1 saturated carbocycles. The molecule has 20 heavy (non-hydrogen) atoms. The van der Waals surface area contributed by atoms with Gasteiger partial charge in [-0.15, -0.1) is 0 Å². The van der Waals surface area contributed by atoms with Gasteiger partial charge in [0.15, 0.2) is 0 Å². The van der Waals surface area contributed by atoms with Crippen LogP contribution in [0.3, 0.4) is 0 Å². The highest BCUT2D eigenvalue weighted by molar-refractivity contribution is 5.59. The Morgan fingerprint density at radius 3 is 1.90 bits per heavy atom. The molecule has 0 spiro atoms. The first-order valence-electron chi connectivity index (χ1n) is 7.45. The second-order valence-corrected chi connectivity index (χ2v) is 7.33. The Morgan fingerprint density at radius 2 is 1.50 bits per heavy atom. The van der Waals surface area contributed by atoms with Crippen LogP contribution in [0.4, 0.5) is 11.6 Å². The Hall–Kier alpha value is -1.32. The van der Waals surface area contributed by atoms with E-state index >= 15 is 0 Å². The molecular formula is C16H28N4. The number of nitrogens with one attached hydrogen (secondary N) is 2. The maximum atomic E-state index is 4.73. The number of hydrogen-bond acceptors (Lipinski definition) is 4. The molecule has 4 heteroatoms. The Kier molecular flexibility index (Phi) is 3.47. The Balaban J connectivity index is 2.35. The van der Waals surface area contributed by atoms with Crippen LogP contribution in [-0.4, -0.2) is 23.1 Å². The van der Waals surface area contributed by atoms with Gasteiger partial charge in [-0.2, -0.15) is 0 Å². The minimum Gasteiger partial charge on any atom is -0.373 e. The third kappa shape index (κ3) is 2.15. The van der Waals surface area contributed by atoms with Gasteiger partial charge >= 0.3 is 0 Å². The maximum Gasteiger partial charge on any atom is 0.135 e. The van der Waals surface area contributed by atoms with Gasteiger partial charge in [0.2, 0.25) is 0 Å². The van der Waals surface area contributed by atoms with E-state index in [0.29, 0.717) is 22.8 Å². The molecule has 1 aliphatic carbocycles. The summed E-state index contributed by atoms with van der Waals surface area (Å²) in [6, 6.07) is 0.452. The average molecular weight is 276 g/mol. The first-order valence-corrected chi connectivity index (χ1v) is 7.45. The van der Waals surface area contributed by atoms with E-state index in [-0.39, 0.29) is 0 Å². The van der Waals surface area contributed by atoms with E-state index in [2.05, 4.69) is 64.1 Å². The number of hydrogen-bond donors (Lipinski definition) is 2. The lowest BCUT2D eigenvalue weighted by molar-refractivity contribution is 0.457. The predicted octanol–water partition coefficient (Wildman–Crippen LogP) is 3.80. The van der Waals surface area contributed by atoms with Crippen molar-refractivity contribution in [1.29, 1.82) is 0 Å². The van der Waals surface area contributed by atoms with Crippen molar-refractivity contribution in [3.63, 3.8) is 0 Å². The molecule has 2 N–H and O–H groups in total. The summed E-state index contributed by atoms with van der Waals surface area (Å²) >= 11 is 0. The number of anilines is 2. The third-order valence-corrected chi connectivity index (χ3v) is 5.22. The summed E-state index contributed by atoms with van der Waals surface area (Å²) in [5.41, 5.74) is 1.68. The van der Waals surface area contributed by atoms with E-state index in [1.54, 1.807) is 0 Å². The van der Waals surface area contributed by atoms with E-state index < -0.39 is 0 Å². The highest BCUT2D eigenvalue weighted by Gasteiger charge is 2.65. The average Bonchev–Trinajstić information content (AvgIpc) is 2.73. The molecule has 1 aliphatic rings. The molecule has 1 aromatic heterocycles. The first kappa shape index (κ1) is 15.1. The Morgan fingerprint density at radius 1 is 1.00 bits per heavy atom. The van der Waals surface area contributed by atoms with Crippen molar-refractivity contribution in [3.8, 4) is 0 Å². The number of nitrogens with zero attached hydrogens (tertiary/aromatic N) is 2. The fourth-order valence-corrected chi connectivity index (χ4v) is 2.87. The molecule has 1 heterocycles. The van der Waals surface area contributed by atoms with Crippen molar-refractivity contribution in [2.45, 2.75) is 60.4 Å². The van der Waals surface area contributed by atoms with E-state index in [9.17, 15) is 0 Å². The number of rotatable bonds is 4. The van der Waals surface area contributed by atoms with E-state index in [1.165, 1.54) is 0 Å². The van der Waals surface area contributed by atoms with Crippen LogP contribution in [0.1, 0.15) is 58.8 Å². The van der Waals surface area contributed by atoms with Crippen molar-refractivity contribution >= 4 is 11.6 Å². The standard InChI is InChI=1S/C16H28N4/c1-9(2)11-18-12(17-8)10(3)13(19-11)20-14-15(4,5)16(14,6)7/h9,14H,1-8H3,(H2,17,18,19,20). The van der Waals surface area contributed by atoms with Gasteiger partial charge in [-0.1, -0.05) is 41.5 Å². The van der Waals surface area contributed by atoms with E-state index in [0.717, 1.165) is 23.0 Å². The second-order valence-electron chi connectivity index (χ2n) is 7.33. The van der Waals surface area contributed by atoms with Crippen molar-refractivity contribution < 1.29 is 0 Å². The van der Waals surface area contributed by atoms with E-state index in [4.69, 9.17) is 4.98 Å². The lowest BCUT2D eigenvalue weighted by Crippen LogP contribution is -2.15. The molecule has 4 nitrogen and oxygen atoms in total. The third-order valence-electron chi connectivity index (χ3n) is 5.22. The van der Waals surface area contributed by atoms with Gasteiger partial charge in [0.25, 0.3) is 0 Å². The maximum absolute atomic E-state index is 4.73. The first-order chi connectivity index (χ1) is 9.12. The molecule has 1 aromatic rings. The summed E-state index contributed by atoms with van der Waals surface area (Å²) in [6.45, 7) is 15.6. The SMILES string of the molecule is CNc1nc(C(C)C)nc(NC2C(C)(C)C2(C)C)c1C. The van der Waals surface area contributed by atoms with Gasteiger partial charge in [-0.25, -0.2) is 9.97 Å². The lowest BCUT2D eigenvalue weighted by Gasteiger charge is -2.16. The van der Waals surface area contributed by atoms with Crippen LogP contribution < -0.4 is 10.6 Å². The Labute approximate surface area is 122 Å². The van der Waals surface area contributed by atoms with Gasteiger partial charge in [0.05, 0.1) is 0 Å². The second kappa shape index (κ2) is 4.61. The zero-order chi connectivity index (χ0) is 15.3. The molecule has 0 radical (unpaired) electrons. The molecule has 0 aromatic carbocycles. The Bertz CT molecular complexity index is 503. The molecule has 112 valence electrons. The smallest absolute Gasteiger partial charge is 0.135 e. The minimum atomic E-state index is 0.294. The highest BCUT2D eigenvalue weighted by atomic mass is 15.1. The molecule has 2 rings (SSSR count). The molecule has 0 atom stereocenters. The molecular weight excluding hydrogens is 248 g/mol. The zero-order valence-electron chi connectivity index (χ0n) is 14.0. The normalized spacial score (nSPS) is 20.1. The van der Waals surface area contributed by atoms with Gasteiger partial charge in [-0.3, -0.25) is 0 Å². The van der Waals surface area contributed by atoms with Crippen molar-refractivity contribution in [3.05, 3.63) is 11.4 Å². The largest absolute Gasteiger partial charge is 0.373 e. The molecule has 0 unspecified atom stereocenters. The topological polar surface area (TPSA) is 49.8 Å². The van der Waals surface area contributed by atoms with Crippen LogP contribution in [0.5, 0.6) is 0 Å². The van der Waals surface area contributed by atoms with Crippen LogP contribution in [0.2, 0.25) is 0 Å². The van der Waals surface area contributed by atoms with Crippen molar-refractivity contribution in [2.24, 2.45) is 10.8 Å². The van der Waals surface area contributed by atoms with Crippen LogP contribution >= 0.6 is 0 Å². The summed E-state index contributed by atoms with van der Waals surface area (Å²) in [4.78, 5) is 9.32. The fraction of sp³-hybridized carbons (Fsp3) is 0.750. The van der Waals surface area contributed by atoms with Gasteiger partial charge in [-0.05, 0) is 17.8 Å². The monoisotopic (exact) mass is 276 g/mol. The quantitative estimate of drug-likeness (QED) is 0.878. The van der Waals surface area contributed by atoms with Crippen LogP contribution in [-0.2, 0) is 0 Å². The summed E-state index contributed by atoms with van der Waals surface area (Å²) in [5.74, 6) is 3.10. The highest BCUT2D eigenvalue weighted by Crippen LogP contribution is 2.63. The minimum absolute atomic E-state index is 0.294. The molecule has 0 aliphatic heterocycles. The van der Waals surface area contributed by atoms with Crippen LogP contribution in [0, 0.1) is 17.8 Å². The van der Waals surface area contributed by atoms with Crippen LogP contribution in [0.25, 0.3) is 0 Å². The van der Waals surface area contributed by atoms with Crippen molar-refractivity contribution in [1.82, 2.24) is 9.97 Å². The molecule has 0 saturated heterocycles. The summed E-state index contributed by atoms with van der Waals surface area (Å²) < 4.78 is 0. The van der Waals surface area contributed by atoms with Crippen molar-refractivity contribution in [2.75, 3.05) is 17.7 Å². The van der Waals surface area contributed by atoms with Crippen LogP contribution in [0.15, 0.2) is 0 Å².